The van der Waals surface area contributed by atoms with Crippen LogP contribution >= 0.6 is 0 Å². The van der Waals surface area contributed by atoms with Gasteiger partial charge in [-0.25, -0.2) is 9.59 Å². The molecule has 0 saturated heterocycles. The highest BCUT2D eigenvalue weighted by atomic mass is 16.4. The van der Waals surface area contributed by atoms with Crippen molar-refractivity contribution in [2.24, 2.45) is 11.5 Å². The van der Waals surface area contributed by atoms with E-state index in [0.29, 0.717) is 13.1 Å². The van der Waals surface area contributed by atoms with E-state index in [4.69, 9.17) is 21.7 Å². The molecule has 6 nitrogen and oxygen atoms in total. The van der Waals surface area contributed by atoms with Crippen LogP contribution in [0.1, 0.15) is 31.8 Å². The summed E-state index contributed by atoms with van der Waals surface area (Å²) in [6, 6.07) is 17.1. The van der Waals surface area contributed by atoms with Gasteiger partial charge in [-0.1, -0.05) is 24.3 Å². The van der Waals surface area contributed by atoms with Crippen LogP contribution in [-0.4, -0.2) is 22.2 Å². The first-order valence-corrected chi connectivity index (χ1v) is 8.68. The van der Waals surface area contributed by atoms with Crippen molar-refractivity contribution in [1.29, 1.82) is 0 Å². The summed E-state index contributed by atoms with van der Waals surface area (Å²) in [5.41, 5.74) is 17.6. The van der Waals surface area contributed by atoms with Gasteiger partial charge in [-0.05, 0) is 69.8 Å². The Morgan fingerprint density at radius 1 is 0.643 bits per heavy atom. The number of carboxylic acids is 2. The van der Waals surface area contributed by atoms with Crippen LogP contribution in [0.15, 0.2) is 60.7 Å². The van der Waals surface area contributed by atoms with Gasteiger partial charge >= 0.3 is 11.9 Å². The lowest BCUT2D eigenvalue weighted by Gasteiger charge is -2.16. The minimum atomic E-state index is -0.978. The van der Waals surface area contributed by atoms with Crippen LogP contribution in [0.2, 0.25) is 0 Å². The highest BCUT2D eigenvalue weighted by molar-refractivity contribution is 5.89. The van der Waals surface area contributed by atoms with Crippen LogP contribution in [0.25, 0.3) is 22.3 Å². The number of hydrogen-bond acceptors (Lipinski definition) is 4. The summed E-state index contributed by atoms with van der Waals surface area (Å²) in [7, 11) is 0. The number of carbonyl (C=O) groups is 2. The van der Waals surface area contributed by atoms with Gasteiger partial charge in [0.15, 0.2) is 0 Å². The Kier molecular flexibility index (Phi) is 5.54. The largest absolute Gasteiger partial charge is 0.478 e. The average Bonchev–Trinajstić information content (AvgIpc) is 2.72. The second-order valence-corrected chi connectivity index (χ2v) is 6.34. The van der Waals surface area contributed by atoms with E-state index in [1.807, 2.05) is 12.1 Å². The zero-order valence-corrected chi connectivity index (χ0v) is 15.1. The van der Waals surface area contributed by atoms with Gasteiger partial charge in [0.1, 0.15) is 0 Å². The van der Waals surface area contributed by atoms with Crippen molar-refractivity contribution < 1.29 is 19.8 Å². The van der Waals surface area contributed by atoms with Crippen molar-refractivity contribution >= 4 is 11.9 Å². The van der Waals surface area contributed by atoms with E-state index in [2.05, 4.69) is 0 Å². The Hall–Kier alpha value is -3.48. The normalized spacial score (nSPS) is 10.6. The second-order valence-electron chi connectivity index (χ2n) is 6.34. The Labute approximate surface area is 162 Å². The first-order valence-electron chi connectivity index (χ1n) is 8.68. The highest BCUT2D eigenvalue weighted by Gasteiger charge is 2.13. The standard InChI is InChI=1S/C22H20N2O4/c23-11-17-10-20(14-3-7-16(8-4-14)22(27)28)18(12-24)9-19(17)13-1-5-15(6-2-13)21(25)26/h1-10H,11-12,23-24H2,(H,25,26)(H,27,28). The Bertz CT molecular complexity index is 940. The summed E-state index contributed by atoms with van der Waals surface area (Å²) >= 11 is 0. The predicted molar refractivity (Wildman–Crippen MR) is 107 cm³/mol. The Morgan fingerprint density at radius 2 is 0.964 bits per heavy atom. The van der Waals surface area contributed by atoms with E-state index >= 15 is 0 Å². The third kappa shape index (κ3) is 3.78. The maximum Gasteiger partial charge on any atom is 0.335 e. The molecule has 3 rings (SSSR count). The summed E-state index contributed by atoms with van der Waals surface area (Å²) in [6.45, 7) is 0.585. The molecule has 0 aromatic heterocycles. The third-order valence-electron chi connectivity index (χ3n) is 4.65. The van der Waals surface area contributed by atoms with Crippen molar-refractivity contribution in [2.45, 2.75) is 13.1 Å². The van der Waals surface area contributed by atoms with Crippen molar-refractivity contribution in [1.82, 2.24) is 0 Å². The van der Waals surface area contributed by atoms with Crippen LogP contribution in [0.3, 0.4) is 0 Å². The molecule has 3 aromatic carbocycles. The third-order valence-corrected chi connectivity index (χ3v) is 4.65. The lowest BCUT2D eigenvalue weighted by atomic mass is 9.90. The highest BCUT2D eigenvalue weighted by Crippen LogP contribution is 2.32. The molecule has 0 heterocycles. The smallest absolute Gasteiger partial charge is 0.335 e. The van der Waals surface area contributed by atoms with Crippen LogP contribution in [-0.2, 0) is 13.1 Å². The zero-order chi connectivity index (χ0) is 20.3. The number of benzene rings is 3. The fraction of sp³-hybridized carbons (Fsp3) is 0.0909. The van der Waals surface area contributed by atoms with Crippen molar-refractivity contribution in [2.75, 3.05) is 0 Å². The summed E-state index contributed by atoms with van der Waals surface area (Å²) in [4.78, 5) is 22.1. The van der Waals surface area contributed by atoms with Gasteiger partial charge in [0.2, 0.25) is 0 Å². The van der Waals surface area contributed by atoms with Crippen molar-refractivity contribution in [3.63, 3.8) is 0 Å². The molecular formula is C22H20N2O4. The lowest BCUT2D eigenvalue weighted by Crippen LogP contribution is -2.05. The van der Waals surface area contributed by atoms with E-state index in [1.165, 1.54) is 0 Å². The number of aromatic carboxylic acids is 2. The SMILES string of the molecule is NCc1cc(-c2ccc(C(=O)O)cc2)c(CN)cc1-c1ccc(C(=O)O)cc1. The van der Waals surface area contributed by atoms with E-state index in [1.54, 1.807) is 48.5 Å². The zero-order valence-electron chi connectivity index (χ0n) is 15.1. The quantitative estimate of drug-likeness (QED) is 0.523. The number of rotatable bonds is 6. The molecule has 0 atom stereocenters. The molecule has 6 N–H and O–H groups in total. The van der Waals surface area contributed by atoms with Gasteiger partial charge < -0.3 is 21.7 Å². The van der Waals surface area contributed by atoms with Crippen LogP contribution in [0.5, 0.6) is 0 Å². The molecule has 0 radical (unpaired) electrons. The molecule has 0 fully saturated rings. The second kappa shape index (κ2) is 8.04. The Balaban J connectivity index is 2.09. The van der Waals surface area contributed by atoms with Gasteiger partial charge in [-0.15, -0.1) is 0 Å². The molecule has 0 aliphatic carbocycles. The maximum absolute atomic E-state index is 11.1. The molecule has 6 heteroatoms. The summed E-state index contributed by atoms with van der Waals surface area (Å²) in [5.74, 6) is -1.96. The molecule has 0 unspecified atom stereocenters. The fourth-order valence-electron chi connectivity index (χ4n) is 3.15. The predicted octanol–water partition coefficient (Wildman–Crippen LogP) is 3.33. The molecule has 0 aliphatic rings. The van der Waals surface area contributed by atoms with E-state index in [0.717, 1.165) is 33.4 Å². The number of carboxylic acid groups (broad SMARTS) is 2. The first kappa shape index (κ1) is 19.3. The van der Waals surface area contributed by atoms with Crippen molar-refractivity contribution in [3.8, 4) is 22.3 Å². The molecule has 0 amide bonds. The first-order chi connectivity index (χ1) is 13.4. The molecule has 28 heavy (non-hydrogen) atoms. The summed E-state index contributed by atoms with van der Waals surface area (Å²) in [6.07, 6.45) is 0. The summed E-state index contributed by atoms with van der Waals surface area (Å²) in [5, 5.41) is 18.1. The van der Waals surface area contributed by atoms with Gasteiger partial charge in [0, 0.05) is 13.1 Å². The van der Waals surface area contributed by atoms with Crippen molar-refractivity contribution in [3.05, 3.63) is 82.9 Å². The molecule has 0 saturated carbocycles. The molecule has 3 aromatic rings. The monoisotopic (exact) mass is 376 g/mol. The number of hydrogen-bond donors (Lipinski definition) is 4. The van der Waals surface area contributed by atoms with Gasteiger partial charge in [0.25, 0.3) is 0 Å². The van der Waals surface area contributed by atoms with E-state index < -0.39 is 11.9 Å². The van der Waals surface area contributed by atoms with Gasteiger partial charge in [-0.3, -0.25) is 0 Å². The molecule has 0 aliphatic heterocycles. The minimum Gasteiger partial charge on any atom is -0.478 e. The molecule has 142 valence electrons. The molecule has 0 bridgehead atoms. The lowest BCUT2D eigenvalue weighted by molar-refractivity contribution is 0.0686. The fourth-order valence-corrected chi connectivity index (χ4v) is 3.15. The Morgan fingerprint density at radius 3 is 1.21 bits per heavy atom. The van der Waals surface area contributed by atoms with Gasteiger partial charge in [0.05, 0.1) is 11.1 Å². The number of nitrogens with two attached hydrogens (primary N) is 2. The average molecular weight is 376 g/mol. The minimum absolute atomic E-state index is 0.215. The molecule has 0 spiro atoms. The van der Waals surface area contributed by atoms with Crippen LogP contribution < -0.4 is 11.5 Å². The van der Waals surface area contributed by atoms with Crippen LogP contribution in [0.4, 0.5) is 0 Å². The van der Waals surface area contributed by atoms with Crippen LogP contribution in [0, 0.1) is 0 Å². The van der Waals surface area contributed by atoms with Gasteiger partial charge in [-0.2, -0.15) is 0 Å². The van der Waals surface area contributed by atoms with E-state index in [-0.39, 0.29) is 11.1 Å². The topological polar surface area (TPSA) is 127 Å². The summed E-state index contributed by atoms with van der Waals surface area (Å²) < 4.78 is 0. The maximum atomic E-state index is 11.1. The van der Waals surface area contributed by atoms with E-state index in [9.17, 15) is 9.59 Å². The molecular weight excluding hydrogens is 356 g/mol.